The molecular formula is C10H22N2O2. The van der Waals surface area contributed by atoms with Gasteiger partial charge >= 0.3 is 0 Å². The van der Waals surface area contributed by atoms with Crippen LogP contribution in [0.4, 0.5) is 0 Å². The van der Waals surface area contributed by atoms with Crippen molar-refractivity contribution in [1.82, 2.24) is 4.90 Å². The molecule has 0 bridgehead atoms. The highest BCUT2D eigenvalue weighted by molar-refractivity contribution is 4.75. The largest absolute Gasteiger partial charge is 0.383 e. The van der Waals surface area contributed by atoms with Gasteiger partial charge in [-0.05, 0) is 19.9 Å². The minimum absolute atomic E-state index is 0.104. The molecule has 2 atom stereocenters. The number of likely N-dealkylation sites (N-methyl/N-ethyl adjacent to an activating group) is 1. The monoisotopic (exact) mass is 202 g/mol. The van der Waals surface area contributed by atoms with E-state index in [1.807, 2.05) is 0 Å². The summed E-state index contributed by atoms with van der Waals surface area (Å²) < 4.78 is 10.4. The maximum atomic E-state index is 5.88. The second kappa shape index (κ2) is 6.35. The zero-order valence-corrected chi connectivity index (χ0v) is 9.24. The average Bonchev–Trinajstić information content (AvgIpc) is 2.19. The predicted octanol–water partition coefficient (Wildman–Crippen LogP) is 0.0709. The van der Waals surface area contributed by atoms with Gasteiger partial charge in [-0.25, -0.2) is 0 Å². The van der Waals surface area contributed by atoms with Crippen molar-refractivity contribution in [2.75, 3.05) is 40.5 Å². The molecule has 84 valence electrons. The van der Waals surface area contributed by atoms with Crippen LogP contribution in [0.5, 0.6) is 0 Å². The fourth-order valence-corrected chi connectivity index (χ4v) is 1.86. The molecule has 4 nitrogen and oxygen atoms in total. The highest BCUT2D eigenvalue weighted by Crippen LogP contribution is 2.11. The lowest BCUT2D eigenvalue weighted by molar-refractivity contribution is 0.0228. The Balaban J connectivity index is 2.21. The molecule has 0 amide bonds. The minimum atomic E-state index is 0.104. The number of methoxy groups -OCH3 is 1. The van der Waals surface area contributed by atoms with Gasteiger partial charge in [0.05, 0.1) is 13.2 Å². The highest BCUT2D eigenvalue weighted by Gasteiger charge is 2.19. The minimum Gasteiger partial charge on any atom is -0.383 e. The third-order valence-corrected chi connectivity index (χ3v) is 2.66. The molecule has 0 spiro atoms. The molecule has 0 saturated carbocycles. The predicted molar refractivity (Wildman–Crippen MR) is 56.3 cm³/mol. The number of hydrogen-bond acceptors (Lipinski definition) is 4. The highest BCUT2D eigenvalue weighted by atomic mass is 16.5. The third kappa shape index (κ3) is 3.92. The van der Waals surface area contributed by atoms with Crippen molar-refractivity contribution in [1.29, 1.82) is 0 Å². The van der Waals surface area contributed by atoms with Crippen LogP contribution >= 0.6 is 0 Å². The van der Waals surface area contributed by atoms with Crippen LogP contribution in [0.2, 0.25) is 0 Å². The molecule has 0 radical (unpaired) electrons. The fourth-order valence-electron chi connectivity index (χ4n) is 1.86. The summed E-state index contributed by atoms with van der Waals surface area (Å²) in [6.45, 7) is 3.25. The summed E-state index contributed by atoms with van der Waals surface area (Å²) in [5.74, 6) is 0. The number of hydrogen-bond donors (Lipinski definition) is 1. The van der Waals surface area contributed by atoms with Crippen molar-refractivity contribution in [3.63, 3.8) is 0 Å². The Morgan fingerprint density at radius 1 is 1.64 bits per heavy atom. The van der Waals surface area contributed by atoms with Crippen molar-refractivity contribution in [3.8, 4) is 0 Å². The zero-order chi connectivity index (χ0) is 10.4. The van der Waals surface area contributed by atoms with Crippen LogP contribution < -0.4 is 5.73 Å². The van der Waals surface area contributed by atoms with Crippen LogP contribution in [0.25, 0.3) is 0 Å². The molecule has 0 aromatic heterocycles. The summed E-state index contributed by atoms with van der Waals surface area (Å²) in [6, 6.07) is 0.638. The van der Waals surface area contributed by atoms with Crippen LogP contribution in [0.1, 0.15) is 12.8 Å². The molecule has 1 saturated heterocycles. The summed E-state index contributed by atoms with van der Waals surface area (Å²) >= 11 is 0. The molecule has 1 aliphatic heterocycles. The molecule has 1 aliphatic rings. The van der Waals surface area contributed by atoms with Gasteiger partial charge < -0.3 is 15.2 Å². The van der Waals surface area contributed by atoms with Gasteiger partial charge in [0, 0.05) is 32.3 Å². The van der Waals surface area contributed by atoms with E-state index < -0.39 is 0 Å². The van der Waals surface area contributed by atoms with E-state index in [4.69, 9.17) is 15.2 Å². The second-order valence-electron chi connectivity index (χ2n) is 4.03. The van der Waals surface area contributed by atoms with E-state index in [0.717, 1.165) is 26.2 Å². The Kier molecular flexibility index (Phi) is 5.40. The van der Waals surface area contributed by atoms with Crippen molar-refractivity contribution >= 4 is 0 Å². The van der Waals surface area contributed by atoms with Crippen molar-refractivity contribution in [2.45, 2.75) is 24.9 Å². The van der Waals surface area contributed by atoms with E-state index in [9.17, 15) is 0 Å². The number of rotatable bonds is 5. The topological polar surface area (TPSA) is 47.7 Å². The van der Waals surface area contributed by atoms with Gasteiger partial charge in [-0.3, -0.25) is 4.90 Å². The number of nitrogens with two attached hydrogens (primary N) is 1. The van der Waals surface area contributed by atoms with Crippen LogP contribution in [0, 0.1) is 0 Å². The Morgan fingerprint density at radius 2 is 2.43 bits per heavy atom. The van der Waals surface area contributed by atoms with E-state index in [0.29, 0.717) is 12.6 Å². The first-order valence-electron chi connectivity index (χ1n) is 5.26. The van der Waals surface area contributed by atoms with E-state index in [2.05, 4.69) is 11.9 Å². The molecule has 0 aromatic carbocycles. The van der Waals surface area contributed by atoms with Crippen molar-refractivity contribution in [2.24, 2.45) is 5.73 Å². The molecule has 14 heavy (non-hydrogen) atoms. The summed E-state index contributed by atoms with van der Waals surface area (Å²) in [5.41, 5.74) is 5.88. The first-order chi connectivity index (χ1) is 6.74. The summed E-state index contributed by atoms with van der Waals surface area (Å²) in [4.78, 5) is 2.28. The van der Waals surface area contributed by atoms with Crippen LogP contribution in [0.3, 0.4) is 0 Å². The number of nitrogens with zero attached hydrogens (tertiary/aromatic N) is 1. The smallest absolute Gasteiger partial charge is 0.0626 e. The van der Waals surface area contributed by atoms with Crippen LogP contribution in [0.15, 0.2) is 0 Å². The first-order valence-corrected chi connectivity index (χ1v) is 5.26. The van der Waals surface area contributed by atoms with Gasteiger partial charge in [-0.15, -0.1) is 0 Å². The summed E-state index contributed by atoms with van der Waals surface area (Å²) in [7, 11) is 3.79. The lowest BCUT2D eigenvalue weighted by Gasteiger charge is -2.32. The van der Waals surface area contributed by atoms with E-state index in [-0.39, 0.29) is 6.04 Å². The van der Waals surface area contributed by atoms with Crippen LogP contribution in [-0.2, 0) is 9.47 Å². The Hall–Kier alpha value is -0.160. The molecule has 0 aromatic rings. The molecule has 2 N–H and O–H groups in total. The standard InChI is InChI=1S/C10H22N2O2/c1-12(6-9(11)7-13-2)10-4-3-5-14-8-10/h9-10H,3-8,11H2,1-2H3. The fraction of sp³-hybridized carbons (Fsp3) is 1.00. The van der Waals surface area contributed by atoms with Crippen molar-refractivity contribution in [3.05, 3.63) is 0 Å². The van der Waals surface area contributed by atoms with E-state index >= 15 is 0 Å². The maximum absolute atomic E-state index is 5.88. The molecule has 1 rings (SSSR count). The molecular weight excluding hydrogens is 180 g/mol. The van der Waals surface area contributed by atoms with Crippen molar-refractivity contribution < 1.29 is 9.47 Å². The van der Waals surface area contributed by atoms with Crippen LogP contribution in [-0.4, -0.2) is 57.5 Å². The first kappa shape index (κ1) is 11.9. The van der Waals surface area contributed by atoms with Gasteiger partial charge in [0.2, 0.25) is 0 Å². The van der Waals surface area contributed by atoms with E-state index in [1.165, 1.54) is 6.42 Å². The lowest BCUT2D eigenvalue weighted by Crippen LogP contribution is -2.46. The molecule has 1 fully saturated rings. The Bertz CT molecular complexity index is 149. The van der Waals surface area contributed by atoms with Gasteiger partial charge in [-0.1, -0.05) is 0 Å². The maximum Gasteiger partial charge on any atom is 0.0626 e. The second-order valence-corrected chi connectivity index (χ2v) is 4.03. The van der Waals surface area contributed by atoms with E-state index in [1.54, 1.807) is 7.11 Å². The molecule has 1 heterocycles. The lowest BCUT2D eigenvalue weighted by atomic mass is 10.1. The van der Waals surface area contributed by atoms with Gasteiger partial charge in [-0.2, -0.15) is 0 Å². The zero-order valence-electron chi connectivity index (χ0n) is 9.24. The molecule has 0 aliphatic carbocycles. The Labute approximate surface area is 86.3 Å². The molecule has 2 unspecified atom stereocenters. The third-order valence-electron chi connectivity index (χ3n) is 2.66. The quantitative estimate of drug-likeness (QED) is 0.685. The normalized spacial score (nSPS) is 25.3. The van der Waals surface area contributed by atoms with Gasteiger partial charge in [0.1, 0.15) is 0 Å². The SMILES string of the molecule is COCC(N)CN(C)C1CCCOC1. The Morgan fingerprint density at radius 3 is 3.00 bits per heavy atom. The van der Waals surface area contributed by atoms with Gasteiger partial charge in [0.15, 0.2) is 0 Å². The average molecular weight is 202 g/mol. The summed E-state index contributed by atoms with van der Waals surface area (Å²) in [6.07, 6.45) is 2.38. The van der Waals surface area contributed by atoms with Gasteiger partial charge in [0.25, 0.3) is 0 Å². The molecule has 4 heteroatoms. The number of ether oxygens (including phenoxy) is 2. The summed E-state index contributed by atoms with van der Waals surface area (Å²) in [5, 5.41) is 0.